The lowest BCUT2D eigenvalue weighted by atomic mass is 9.90. The summed E-state index contributed by atoms with van der Waals surface area (Å²) in [6.45, 7) is 10.0. The number of piperazine rings is 1. The van der Waals surface area contributed by atoms with E-state index in [-0.39, 0.29) is 6.04 Å². The molecule has 136 valence electrons. The van der Waals surface area contributed by atoms with Gasteiger partial charge in [0.05, 0.1) is 6.26 Å². The lowest BCUT2D eigenvalue weighted by Crippen LogP contribution is -2.51. The van der Waals surface area contributed by atoms with Crippen LogP contribution in [-0.2, 0) is 10.0 Å². The second-order valence-electron chi connectivity index (χ2n) is 6.75. The van der Waals surface area contributed by atoms with E-state index in [0.717, 1.165) is 51.9 Å². The third-order valence-corrected chi connectivity index (χ3v) is 5.66. The SMILES string of the molecule is C=C/C=C(\C=C/C)N1CCN(C2CCC(NS(C)(=O)=O)CC2)CC1. The molecule has 0 aromatic heterocycles. The maximum Gasteiger partial charge on any atom is 0.208 e. The molecule has 0 aromatic carbocycles. The Morgan fingerprint density at radius 2 is 1.75 bits per heavy atom. The Morgan fingerprint density at radius 1 is 1.12 bits per heavy atom. The largest absolute Gasteiger partial charge is 0.369 e. The van der Waals surface area contributed by atoms with Gasteiger partial charge in [-0.3, -0.25) is 4.90 Å². The van der Waals surface area contributed by atoms with Gasteiger partial charge in [-0.15, -0.1) is 0 Å². The predicted octanol–water partition coefficient (Wildman–Crippen LogP) is 2.11. The highest BCUT2D eigenvalue weighted by molar-refractivity contribution is 7.88. The first-order valence-corrected chi connectivity index (χ1v) is 10.7. The minimum atomic E-state index is -3.08. The molecular formula is C18H31N3O2S. The van der Waals surface area contributed by atoms with Crippen LogP contribution in [0.3, 0.4) is 0 Å². The van der Waals surface area contributed by atoms with Gasteiger partial charge in [0.2, 0.25) is 10.0 Å². The average Bonchev–Trinajstić information content (AvgIpc) is 2.54. The molecule has 0 amide bonds. The van der Waals surface area contributed by atoms with Gasteiger partial charge in [-0.05, 0) is 44.8 Å². The van der Waals surface area contributed by atoms with E-state index >= 15 is 0 Å². The van der Waals surface area contributed by atoms with Gasteiger partial charge in [-0.1, -0.05) is 18.7 Å². The maximum absolute atomic E-state index is 11.3. The lowest BCUT2D eigenvalue weighted by Gasteiger charge is -2.43. The van der Waals surface area contributed by atoms with Crippen molar-refractivity contribution in [2.24, 2.45) is 0 Å². The first kappa shape index (κ1) is 19.2. The summed E-state index contributed by atoms with van der Waals surface area (Å²) in [5.74, 6) is 0. The van der Waals surface area contributed by atoms with Crippen molar-refractivity contribution in [1.29, 1.82) is 0 Å². The van der Waals surface area contributed by atoms with E-state index < -0.39 is 10.0 Å². The van der Waals surface area contributed by atoms with E-state index in [1.165, 1.54) is 12.0 Å². The lowest BCUT2D eigenvalue weighted by molar-refractivity contribution is 0.0915. The van der Waals surface area contributed by atoms with Gasteiger partial charge in [-0.25, -0.2) is 13.1 Å². The standard InChI is InChI=1S/C18H31N3O2S/c1-4-6-17(7-5-2)20-12-14-21(15-13-20)18-10-8-16(9-11-18)19-24(3,22)23/h4-7,16,18-19H,1,8-15H2,2-3H3/b7-5-,17-6+. The Hall–Kier alpha value is -1.11. The average molecular weight is 354 g/mol. The number of hydrogen-bond donors (Lipinski definition) is 1. The van der Waals surface area contributed by atoms with Crippen molar-refractivity contribution in [3.8, 4) is 0 Å². The molecule has 1 saturated carbocycles. The minimum Gasteiger partial charge on any atom is -0.369 e. The van der Waals surface area contributed by atoms with Crippen LogP contribution >= 0.6 is 0 Å². The van der Waals surface area contributed by atoms with Crippen LogP contribution in [-0.4, -0.2) is 62.7 Å². The highest BCUT2D eigenvalue weighted by atomic mass is 32.2. The summed E-state index contributed by atoms with van der Waals surface area (Å²) < 4.78 is 25.4. The highest BCUT2D eigenvalue weighted by Gasteiger charge is 2.29. The molecule has 24 heavy (non-hydrogen) atoms. The fourth-order valence-electron chi connectivity index (χ4n) is 3.76. The van der Waals surface area contributed by atoms with Gasteiger partial charge in [-0.2, -0.15) is 0 Å². The molecule has 1 N–H and O–H groups in total. The van der Waals surface area contributed by atoms with Gasteiger partial charge >= 0.3 is 0 Å². The number of nitrogens with one attached hydrogen (secondary N) is 1. The second kappa shape index (κ2) is 8.83. The van der Waals surface area contributed by atoms with Crippen LogP contribution in [0.15, 0.2) is 36.6 Å². The van der Waals surface area contributed by atoms with Crippen LogP contribution in [0.1, 0.15) is 32.6 Å². The quantitative estimate of drug-likeness (QED) is 0.743. The summed E-state index contributed by atoms with van der Waals surface area (Å²) in [6.07, 6.45) is 13.4. The Balaban J connectivity index is 1.81. The zero-order chi connectivity index (χ0) is 17.6. The molecule has 0 aromatic rings. The molecule has 5 nitrogen and oxygen atoms in total. The third-order valence-electron chi connectivity index (χ3n) is 4.90. The zero-order valence-electron chi connectivity index (χ0n) is 14.9. The molecule has 2 rings (SSSR count). The third kappa shape index (κ3) is 5.76. The Kier molecular flexibility index (Phi) is 7.07. The summed E-state index contributed by atoms with van der Waals surface area (Å²) in [7, 11) is -3.08. The molecule has 1 aliphatic carbocycles. The van der Waals surface area contributed by atoms with Crippen molar-refractivity contribution in [2.45, 2.75) is 44.7 Å². The summed E-state index contributed by atoms with van der Waals surface area (Å²) in [4.78, 5) is 4.99. The molecule has 0 radical (unpaired) electrons. The number of hydrogen-bond acceptors (Lipinski definition) is 4. The van der Waals surface area contributed by atoms with Crippen molar-refractivity contribution < 1.29 is 8.42 Å². The van der Waals surface area contributed by atoms with E-state index in [2.05, 4.69) is 39.3 Å². The van der Waals surface area contributed by atoms with Crippen LogP contribution in [0.5, 0.6) is 0 Å². The van der Waals surface area contributed by atoms with Gasteiger partial charge in [0, 0.05) is 44.0 Å². The van der Waals surface area contributed by atoms with Crippen molar-refractivity contribution in [3.05, 3.63) is 36.6 Å². The van der Waals surface area contributed by atoms with E-state index in [1.807, 2.05) is 13.0 Å². The summed E-state index contributed by atoms with van der Waals surface area (Å²) in [6, 6.07) is 0.715. The van der Waals surface area contributed by atoms with Crippen molar-refractivity contribution in [1.82, 2.24) is 14.5 Å². The molecule has 0 unspecified atom stereocenters. The number of rotatable bonds is 6. The molecule has 1 heterocycles. The van der Waals surface area contributed by atoms with E-state index in [0.29, 0.717) is 6.04 Å². The maximum atomic E-state index is 11.3. The highest BCUT2D eigenvalue weighted by Crippen LogP contribution is 2.25. The van der Waals surface area contributed by atoms with Crippen LogP contribution in [0, 0.1) is 0 Å². The molecule has 0 spiro atoms. The molecule has 0 atom stereocenters. The monoisotopic (exact) mass is 353 g/mol. The van der Waals surface area contributed by atoms with Gasteiger partial charge in [0.15, 0.2) is 0 Å². The fraction of sp³-hybridized carbons (Fsp3) is 0.667. The summed E-state index contributed by atoms with van der Waals surface area (Å²) in [5, 5.41) is 0. The van der Waals surface area contributed by atoms with Crippen LogP contribution in [0.2, 0.25) is 0 Å². The normalized spacial score (nSPS) is 27.6. The molecule has 1 aliphatic heterocycles. The van der Waals surface area contributed by atoms with Crippen LogP contribution < -0.4 is 4.72 Å². The second-order valence-corrected chi connectivity index (χ2v) is 8.53. The van der Waals surface area contributed by atoms with Gasteiger partial charge in [0.1, 0.15) is 0 Å². The first-order chi connectivity index (χ1) is 11.4. The van der Waals surface area contributed by atoms with E-state index in [9.17, 15) is 8.42 Å². The molecule has 1 saturated heterocycles. The predicted molar refractivity (Wildman–Crippen MR) is 100 cm³/mol. The summed E-state index contributed by atoms with van der Waals surface area (Å²) in [5.41, 5.74) is 1.23. The van der Waals surface area contributed by atoms with Gasteiger partial charge in [0.25, 0.3) is 0 Å². The Labute approximate surface area is 147 Å². The Morgan fingerprint density at radius 3 is 2.25 bits per heavy atom. The van der Waals surface area contributed by atoms with Crippen molar-refractivity contribution >= 4 is 10.0 Å². The van der Waals surface area contributed by atoms with E-state index in [4.69, 9.17) is 0 Å². The van der Waals surface area contributed by atoms with Crippen molar-refractivity contribution in [2.75, 3.05) is 32.4 Å². The molecule has 2 fully saturated rings. The number of nitrogens with zero attached hydrogens (tertiary/aromatic N) is 2. The number of sulfonamides is 1. The molecule has 6 heteroatoms. The first-order valence-electron chi connectivity index (χ1n) is 8.84. The van der Waals surface area contributed by atoms with Crippen LogP contribution in [0.25, 0.3) is 0 Å². The Bertz CT molecular complexity index is 567. The van der Waals surface area contributed by atoms with Crippen LogP contribution in [0.4, 0.5) is 0 Å². The minimum absolute atomic E-state index is 0.120. The van der Waals surface area contributed by atoms with Crippen molar-refractivity contribution in [3.63, 3.8) is 0 Å². The summed E-state index contributed by atoms with van der Waals surface area (Å²) >= 11 is 0. The fourth-order valence-corrected chi connectivity index (χ4v) is 4.61. The van der Waals surface area contributed by atoms with Gasteiger partial charge < -0.3 is 4.90 Å². The number of allylic oxidation sites excluding steroid dienone is 4. The smallest absolute Gasteiger partial charge is 0.208 e. The zero-order valence-corrected chi connectivity index (χ0v) is 15.8. The molecule has 2 aliphatic rings. The topological polar surface area (TPSA) is 52.6 Å². The molecule has 0 bridgehead atoms. The molecular weight excluding hydrogens is 322 g/mol. The van der Waals surface area contributed by atoms with E-state index in [1.54, 1.807) is 0 Å².